The lowest BCUT2D eigenvalue weighted by atomic mass is 10.1. The van der Waals surface area contributed by atoms with Crippen LogP contribution < -0.4 is 4.74 Å². The van der Waals surface area contributed by atoms with E-state index in [1.165, 1.54) is 0 Å². The SMILES string of the molecule is COc1ccc(C)c(-n2cc(C#N)c3cc(Cl)ccc32)c1C. The predicted octanol–water partition coefficient (Wildman–Crippen LogP) is 4.78. The van der Waals surface area contributed by atoms with Gasteiger partial charge in [-0.15, -0.1) is 0 Å². The van der Waals surface area contributed by atoms with Crippen LogP contribution in [0.4, 0.5) is 0 Å². The Balaban J connectivity index is 2.40. The summed E-state index contributed by atoms with van der Waals surface area (Å²) < 4.78 is 7.47. The maximum absolute atomic E-state index is 9.40. The van der Waals surface area contributed by atoms with Crippen LogP contribution in [0.2, 0.25) is 5.02 Å². The van der Waals surface area contributed by atoms with Crippen molar-refractivity contribution in [2.75, 3.05) is 7.11 Å². The molecule has 0 saturated carbocycles. The summed E-state index contributed by atoms with van der Waals surface area (Å²) in [6.45, 7) is 4.07. The molecule has 3 rings (SSSR count). The Bertz CT molecular complexity index is 919. The molecule has 0 fully saturated rings. The minimum absolute atomic E-state index is 0.610. The monoisotopic (exact) mass is 310 g/mol. The van der Waals surface area contributed by atoms with Crippen LogP contribution in [0, 0.1) is 25.2 Å². The average Bonchev–Trinajstić information content (AvgIpc) is 2.85. The van der Waals surface area contributed by atoms with Crippen molar-refractivity contribution in [3.05, 3.63) is 58.2 Å². The molecule has 3 nitrogen and oxygen atoms in total. The molecule has 0 saturated heterocycles. The number of nitrogens with zero attached hydrogens (tertiary/aromatic N) is 2. The summed E-state index contributed by atoms with van der Waals surface area (Å²) in [5.41, 5.74) is 4.76. The Morgan fingerprint density at radius 2 is 1.95 bits per heavy atom. The number of fused-ring (bicyclic) bond motifs is 1. The highest BCUT2D eigenvalue weighted by atomic mass is 35.5. The Hall–Kier alpha value is -2.44. The van der Waals surface area contributed by atoms with Gasteiger partial charge in [0, 0.05) is 22.2 Å². The first-order valence-corrected chi connectivity index (χ1v) is 7.30. The lowest BCUT2D eigenvalue weighted by Crippen LogP contribution is -2.01. The Kier molecular flexibility index (Phi) is 3.56. The summed E-state index contributed by atoms with van der Waals surface area (Å²) >= 11 is 6.07. The van der Waals surface area contributed by atoms with E-state index in [9.17, 15) is 5.26 Å². The average molecular weight is 311 g/mol. The first-order valence-electron chi connectivity index (χ1n) is 6.92. The van der Waals surface area contributed by atoms with Gasteiger partial charge in [-0.3, -0.25) is 0 Å². The fourth-order valence-electron chi connectivity index (χ4n) is 2.89. The zero-order valence-electron chi connectivity index (χ0n) is 12.6. The predicted molar refractivity (Wildman–Crippen MR) is 89.0 cm³/mol. The summed E-state index contributed by atoms with van der Waals surface area (Å²) in [6, 6.07) is 11.8. The minimum Gasteiger partial charge on any atom is -0.496 e. The van der Waals surface area contributed by atoms with Crippen LogP contribution in [-0.2, 0) is 0 Å². The van der Waals surface area contributed by atoms with E-state index in [2.05, 4.69) is 13.0 Å². The van der Waals surface area contributed by atoms with E-state index in [4.69, 9.17) is 16.3 Å². The van der Waals surface area contributed by atoms with Crippen molar-refractivity contribution in [2.24, 2.45) is 0 Å². The molecule has 0 amide bonds. The summed E-state index contributed by atoms with van der Waals surface area (Å²) in [5, 5.41) is 10.9. The number of benzene rings is 2. The second-order valence-corrected chi connectivity index (χ2v) is 5.68. The molecule has 0 spiro atoms. The highest BCUT2D eigenvalue weighted by molar-refractivity contribution is 6.31. The maximum Gasteiger partial charge on any atom is 0.123 e. The van der Waals surface area contributed by atoms with Gasteiger partial charge in [-0.25, -0.2) is 0 Å². The summed E-state index contributed by atoms with van der Waals surface area (Å²) in [5.74, 6) is 0.829. The van der Waals surface area contributed by atoms with E-state index in [1.807, 2.05) is 48.0 Å². The van der Waals surface area contributed by atoms with Gasteiger partial charge in [0.15, 0.2) is 0 Å². The molecular formula is C18H15ClN2O. The molecule has 0 aliphatic rings. The highest BCUT2D eigenvalue weighted by Crippen LogP contribution is 2.33. The standard InChI is InChI=1S/C18H15ClN2O/c1-11-4-7-17(22-3)12(2)18(11)21-10-13(9-20)15-8-14(19)5-6-16(15)21/h4-8,10H,1-3H3. The molecule has 1 aromatic heterocycles. The quantitative estimate of drug-likeness (QED) is 0.683. The number of halogens is 1. The van der Waals surface area contributed by atoms with Crippen molar-refractivity contribution in [3.8, 4) is 17.5 Å². The number of hydrogen-bond donors (Lipinski definition) is 0. The second-order valence-electron chi connectivity index (χ2n) is 5.24. The highest BCUT2D eigenvalue weighted by Gasteiger charge is 2.15. The van der Waals surface area contributed by atoms with Gasteiger partial charge in [-0.1, -0.05) is 17.7 Å². The van der Waals surface area contributed by atoms with Gasteiger partial charge in [0.1, 0.15) is 11.8 Å². The number of rotatable bonds is 2. The van der Waals surface area contributed by atoms with Crippen molar-refractivity contribution in [1.29, 1.82) is 5.26 Å². The minimum atomic E-state index is 0.610. The zero-order chi connectivity index (χ0) is 15.9. The van der Waals surface area contributed by atoms with Crippen LogP contribution in [0.25, 0.3) is 16.6 Å². The van der Waals surface area contributed by atoms with Crippen LogP contribution in [0.5, 0.6) is 5.75 Å². The zero-order valence-corrected chi connectivity index (χ0v) is 13.4. The molecule has 3 aromatic rings. The lowest BCUT2D eigenvalue weighted by Gasteiger charge is -2.15. The molecule has 0 atom stereocenters. The summed E-state index contributed by atoms with van der Waals surface area (Å²) in [4.78, 5) is 0. The van der Waals surface area contributed by atoms with E-state index in [-0.39, 0.29) is 0 Å². The van der Waals surface area contributed by atoms with Gasteiger partial charge in [-0.05, 0) is 43.7 Å². The van der Waals surface area contributed by atoms with Crippen LogP contribution in [0.15, 0.2) is 36.5 Å². The maximum atomic E-state index is 9.40. The van der Waals surface area contributed by atoms with Gasteiger partial charge in [0.05, 0.1) is 23.9 Å². The molecule has 2 aromatic carbocycles. The summed E-state index contributed by atoms with van der Waals surface area (Å²) in [7, 11) is 1.66. The van der Waals surface area contributed by atoms with E-state index in [0.717, 1.165) is 33.5 Å². The van der Waals surface area contributed by atoms with E-state index < -0.39 is 0 Å². The number of nitriles is 1. The normalized spacial score (nSPS) is 10.7. The van der Waals surface area contributed by atoms with Gasteiger partial charge >= 0.3 is 0 Å². The molecule has 22 heavy (non-hydrogen) atoms. The van der Waals surface area contributed by atoms with Gasteiger partial charge in [-0.2, -0.15) is 5.26 Å². The topological polar surface area (TPSA) is 38.0 Å². The van der Waals surface area contributed by atoms with Crippen LogP contribution >= 0.6 is 11.6 Å². The van der Waals surface area contributed by atoms with Crippen molar-refractivity contribution >= 4 is 22.5 Å². The molecule has 0 radical (unpaired) electrons. The van der Waals surface area contributed by atoms with Gasteiger partial charge in [0.2, 0.25) is 0 Å². The lowest BCUT2D eigenvalue weighted by molar-refractivity contribution is 0.411. The number of hydrogen-bond acceptors (Lipinski definition) is 2. The van der Waals surface area contributed by atoms with Crippen LogP contribution in [-0.4, -0.2) is 11.7 Å². The van der Waals surface area contributed by atoms with Crippen molar-refractivity contribution < 1.29 is 4.74 Å². The molecule has 0 aliphatic carbocycles. The van der Waals surface area contributed by atoms with Crippen molar-refractivity contribution in [3.63, 3.8) is 0 Å². The molecule has 0 aliphatic heterocycles. The molecule has 0 N–H and O–H groups in total. The van der Waals surface area contributed by atoms with E-state index in [0.29, 0.717) is 10.6 Å². The molecular weight excluding hydrogens is 296 g/mol. The van der Waals surface area contributed by atoms with Gasteiger partial charge in [0.25, 0.3) is 0 Å². The molecule has 110 valence electrons. The number of aromatic nitrogens is 1. The second kappa shape index (κ2) is 5.40. The molecule has 4 heteroatoms. The number of ether oxygens (including phenoxy) is 1. The smallest absolute Gasteiger partial charge is 0.123 e. The number of methoxy groups -OCH3 is 1. The van der Waals surface area contributed by atoms with Crippen molar-refractivity contribution in [1.82, 2.24) is 4.57 Å². The van der Waals surface area contributed by atoms with E-state index >= 15 is 0 Å². The molecule has 0 unspecified atom stereocenters. The number of aryl methyl sites for hydroxylation is 1. The summed E-state index contributed by atoms with van der Waals surface area (Å²) in [6.07, 6.45) is 1.86. The Morgan fingerprint density at radius 1 is 1.18 bits per heavy atom. The third kappa shape index (κ3) is 2.13. The first kappa shape index (κ1) is 14.5. The first-order chi connectivity index (χ1) is 10.6. The largest absolute Gasteiger partial charge is 0.496 e. The van der Waals surface area contributed by atoms with E-state index in [1.54, 1.807) is 7.11 Å². The van der Waals surface area contributed by atoms with Crippen LogP contribution in [0.3, 0.4) is 0 Å². The van der Waals surface area contributed by atoms with Gasteiger partial charge < -0.3 is 9.30 Å². The van der Waals surface area contributed by atoms with Crippen LogP contribution in [0.1, 0.15) is 16.7 Å². The Morgan fingerprint density at radius 3 is 2.64 bits per heavy atom. The fourth-order valence-corrected chi connectivity index (χ4v) is 3.06. The third-order valence-electron chi connectivity index (χ3n) is 3.93. The molecule has 1 heterocycles. The Labute approximate surface area is 134 Å². The third-order valence-corrected chi connectivity index (χ3v) is 4.17. The molecule has 0 bridgehead atoms. The fraction of sp³-hybridized carbons (Fsp3) is 0.167. The van der Waals surface area contributed by atoms with Crippen molar-refractivity contribution in [2.45, 2.75) is 13.8 Å².